The lowest BCUT2D eigenvalue weighted by Crippen LogP contribution is -2.05. The Bertz CT molecular complexity index is 188. The van der Waals surface area contributed by atoms with Gasteiger partial charge in [-0.3, -0.25) is 0 Å². The van der Waals surface area contributed by atoms with Crippen molar-refractivity contribution in [1.82, 2.24) is 0 Å². The zero-order valence-corrected chi connectivity index (χ0v) is 12.3. The molecule has 16 heavy (non-hydrogen) atoms. The Kier molecular flexibility index (Phi) is 8.70. The molecule has 0 aliphatic rings. The van der Waals surface area contributed by atoms with E-state index in [0.29, 0.717) is 0 Å². The summed E-state index contributed by atoms with van der Waals surface area (Å²) in [6, 6.07) is 0. The zero-order valence-electron chi connectivity index (χ0n) is 12.3. The van der Waals surface area contributed by atoms with E-state index in [1.165, 1.54) is 32.1 Å². The van der Waals surface area contributed by atoms with E-state index in [1.54, 1.807) is 5.57 Å². The smallest absolute Gasteiger partial charge is 0.0232 e. The van der Waals surface area contributed by atoms with Crippen LogP contribution in [-0.2, 0) is 0 Å². The van der Waals surface area contributed by atoms with Crippen molar-refractivity contribution in [3.8, 4) is 0 Å². The minimum atomic E-state index is 0.791. The maximum atomic E-state index is 2.43. The Balaban J connectivity index is 3.95. The molecule has 0 bridgehead atoms. The predicted octanol–water partition coefficient (Wildman–Crippen LogP) is 5.83. The van der Waals surface area contributed by atoms with Crippen molar-refractivity contribution in [2.24, 2.45) is 17.8 Å². The van der Waals surface area contributed by atoms with Gasteiger partial charge in [-0.25, -0.2) is 0 Å². The van der Waals surface area contributed by atoms with Crippen molar-refractivity contribution in [1.29, 1.82) is 0 Å². The normalized spacial score (nSPS) is 16.6. The van der Waals surface area contributed by atoms with Crippen LogP contribution in [0.3, 0.4) is 0 Å². The Hall–Kier alpha value is -0.260. The van der Waals surface area contributed by atoms with Gasteiger partial charge in [0, 0.05) is 0 Å². The molecule has 0 spiro atoms. The number of hydrogen-bond donors (Lipinski definition) is 0. The second kappa shape index (κ2) is 8.84. The average Bonchev–Trinajstić information content (AvgIpc) is 2.21. The third kappa shape index (κ3) is 7.09. The Morgan fingerprint density at radius 1 is 1.00 bits per heavy atom. The summed E-state index contributed by atoms with van der Waals surface area (Å²) in [4.78, 5) is 0. The summed E-state index contributed by atoms with van der Waals surface area (Å²) in [5.74, 6) is 2.53. The molecule has 0 saturated heterocycles. The first-order chi connectivity index (χ1) is 7.51. The van der Waals surface area contributed by atoms with Crippen molar-refractivity contribution < 1.29 is 0 Å². The van der Waals surface area contributed by atoms with E-state index in [-0.39, 0.29) is 0 Å². The summed E-state index contributed by atoms with van der Waals surface area (Å²) < 4.78 is 0. The van der Waals surface area contributed by atoms with Crippen LogP contribution >= 0.6 is 0 Å². The fraction of sp³-hybridized carbons (Fsp3) is 0.875. The molecule has 0 heterocycles. The molecule has 0 aromatic heterocycles. The highest BCUT2D eigenvalue weighted by Gasteiger charge is 2.10. The second-order valence-electron chi connectivity index (χ2n) is 5.75. The Morgan fingerprint density at radius 2 is 1.62 bits per heavy atom. The fourth-order valence-electron chi connectivity index (χ4n) is 2.60. The predicted molar refractivity (Wildman–Crippen MR) is 75.7 cm³/mol. The summed E-state index contributed by atoms with van der Waals surface area (Å²) in [5, 5.41) is 0. The highest BCUT2D eigenvalue weighted by Crippen LogP contribution is 2.24. The van der Waals surface area contributed by atoms with Crippen LogP contribution in [0, 0.1) is 17.8 Å². The topological polar surface area (TPSA) is 0 Å². The van der Waals surface area contributed by atoms with E-state index in [4.69, 9.17) is 0 Å². The monoisotopic (exact) mass is 224 g/mol. The maximum Gasteiger partial charge on any atom is -0.0232 e. The number of allylic oxidation sites excluding steroid dienone is 2. The van der Waals surface area contributed by atoms with Gasteiger partial charge in [-0.15, -0.1) is 0 Å². The van der Waals surface area contributed by atoms with Crippen molar-refractivity contribution in [3.05, 3.63) is 11.6 Å². The van der Waals surface area contributed by atoms with Gasteiger partial charge >= 0.3 is 0 Å². The second-order valence-corrected chi connectivity index (χ2v) is 5.75. The van der Waals surface area contributed by atoms with Gasteiger partial charge in [-0.1, -0.05) is 59.6 Å². The van der Waals surface area contributed by atoms with E-state index in [9.17, 15) is 0 Å². The lowest BCUT2D eigenvalue weighted by molar-refractivity contribution is 0.384. The molecular formula is C16H32. The van der Waals surface area contributed by atoms with E-state index in [2.05, 4.69) is 47.6 Å². The quantitative estimate of drug-likeness (QED) is 0.455. The van der Waals surface area contributed by atoms with Gasteiger partial charge in [0.15, 0.2) is 0 Å². The molecule has 0 aromatic carbocycles. The summed E-state index contributed by atoms with van der Waals surface area (Å²) >= 11 is 0. The van der Waals surface area contributed by atoms with Gasteiger partial charge in [0.05, 0.1) is 0 Å². The van der Waals surface area contributed by atoms with Crippen LogP contribution < -0.4 is 0 Å². The third-order valence-electron chi connectivity index (χ3n) is 3.47. The lowest BCUT2D eigenvalue weighted by Gasteiger charge is -2.19. The maximum absolute atomic E-state index is 2.43. The van der Waals surface area contributed by atoms with Gasteiger partial charge in [0.25, 0.3) is 0 Å². The molecule has 0 aromatic rings. The van der Waals surface area contributed by atoms with Gasteiger partial charge in [0.2, 0.25) is 0 Å². The van der Waals surface area contributed by atoms with Crippen molar-refractivity contribution in [2.75, 3.05) is 0 Å². The van der Waals surface area contributed by atoms with Gasteiger partial charge in [-0.05, 0) is 43.4 Å². The number of rotatable bonds is 8. The van der Waals surface area contributed by atoms with Crippen molar-refractivity contribution in [2.45, 2.75) is 73.6 Å². The Morgan fingerprint density at radius 3 is 2.06 bits per heavy atom. The average molecular weight is 224 g/mol. The molecule has 96 valence electrons. The molecule has 0 aliphatic carbocycles. The van der Waals surface area contributed by atoms with Crippen molar-refractivity contribution in [3.63, 3.8) is 0 Å². The largest absolute Gasteiger partial charge is 0.0853 e. The summed E-state index contributed by atoms with van der Waals surface area (Å²) in [6.45, 7) is 14.0. The summed E-state index contributed by atoms with van der Waals surface area (Å²) in [6.07, 6.45) is 8.99. The molecule has 2 atom stereocenters. The van der Waals surface area contributed by atoms with Crippen LogP contribution in [-0.4, -0.2) is 0 Å². The molecule has 0 radical (unpaired) electrons. The van der Waals surface area contributed by atoms with E-state index in [1.807, 2.05) is 0 Å². The van der Waals surface area contributed by atoms with Gasteiger partial charge in [-0.2, -0.15) is 0 Å². The van der Waals surface area contributed by atoms with Crippen molar-refractivity contribution >= 4 is 0 Å². The molecule has 2 unspecified atom stereocenters. The van der Waals surface area contributed by atoms with Gasteiger partial charge in [0.1, 0.15) is 0 Å². The molecule has 0 heteroatoms. The SMILES string of the molecule is CCC=C(CC)C(C)CCC(C)CC(C)C. The molecule has 0 fully saturated rings. The minimum absolute atomic E-state index is 0.791. The van der Waals surface area contributed by atoms with Gasteiger partial charge < -0.3 is 0 Å². The minimum Gasteiger partial charge on any atom is -0.0853 e. The van der Waals surface area contributed by atoms with E-state index in [0.717, 1.165) is 17.8 Å². The standard InChI is InChI=1S/C16H32/c1-7-9-16(8-2)15(6)11-10-14(5)12-13(3)4/h9,13-15H,7-8,10-12H2,1-6H3. The first kappa shape index (κ1) is 15.7. The molecule has 0 saturated carbocycles. The molecule has 0 amide bonds. The lowest BCUT2D eigenvalue weighted by atomic mass is 9.87. The summed E-state index contributed by atoms with van der Waals surface area (Å²) in [5.41, 5.74) is 1.67. The first-order valence-corrected chi connectivity index (χ1v) is 7.20. The third-order valence-corrected chi connectivity index (χ3v) is 3.47. The first-order valence-electron chi connectivity index (χ1n) is 7.20. The van der Waals surface area contributed by atoms with Crippen LogP contribution in [0.15, 0.2) is 11.6 Å². The van der Waals surface area contributed by atoms with Crippen LogP contribution in [0.4, 0.5) is 0 Å². The highest BCUT2D eigenvalue weighted by atomic mass is 14.2. The van der Waals surface area contributed by atoms with E-state index >= 15 is 0 Å². The molecular weight excluding hydrogens is 192 g/mol. The van der Waals surface area contributed by atoms with Crippen LogP contribution in [0.25, 0.3) is 0 Å². The fourth-order valence-corrected chi connectivity index (χ4v) is 2.60. The highest BCUT2D eigenvalue weighted by molar-refractivity contribution is 5.04. The molecule has 0 aliphatic heterocycles. The summed E-state index contributed by atoms with van der Waals surface area (Å²) in [7, 11) is 0. The zero-order chi connectivity index (χ0) is 12.6. The van der Waals surface area contributed by atoms with E-state index < -0.39 is 0 Å². The van der Waals surface area contributed by atoms with Crippen LogP contribution in [0.2, 0.25) is 0 Å². The molecule has 0 rings (SSSR count). The molecule has 0 nitrogen and oxygen atoms in total. The van der Waals surface area contributed by atoms with Crippen LogP contribution in [0.5, 0.6) is 0 Å². The number of hydrogen-bond acceptors (Lipinski definition) is 0. The Labute approximate surface area is 104 Å². The van der Waals surface area contributed by atoms with Crippen LogP contribution in [0.1, 0.15) is 73.6 Å². The molecule has 0 N–H and O–H groups in total.